The standard InChI is InChI=1S/C24H25NO4/c1-4-16(2)18-7-11-21(12-8-18)28-15-22-13-14-23(29-22)24(27)25-20-9-5-19(6-10-20)17(3)26/h5-14,16H,4,15H2,1-3H3,(H,25,27). The Bertz CT molecular complexity index is 971. The van der Waals surface area contributed by atoms with Crippen LogP contribution in [0.1, 0.15) is 65.3 Å². The number of amides is 1. The zero-order valence-corrected chi connectivity index (χ0v) is 16.9. The Morgan fingerprint density at radius 2 is 1.69 bits per heavy atom. The first-order valence-electron chi connectivity index (χ1n) is 9.70. The van der Waals surface area contributed by atoms with Gasteiger partial charge in [-0.15, -0.1) is 0 Å². The van der Waals surface area contributed by atoms with Crippen LogP contribution in [0, 0.1) is 0 Å². The molecule has 5 heteroatoms. The van der Waals surface area contributed by atoms with Crippen molar-refractivity contribution in [2.75, 3.05) is 5.32 Å². The molecule has 0 aliphatic carbocycles. The molecule has 2 aromatic carbocycles. The van der Waals surface area contributed by atoms with Crippen molar-refractivity contribution in [2.45, 2.75) is 39.7 Å². The van der Waals surface area contributed by atoms with Crippen molar-refractivity contribution in [1.82, 2.24) is 0 Å². The molecule has 29 heavy (non-hydrogen) atoms. The Morgan fingerprint density at radius 1 is 1.00 bits per heavy atom. The molecule has 0 saturated heterocycles. The van der Waals surface area contributed by atoms with Crippen LogP contribution in [0.3, 0.4) is 0 Å². The summed E-state index contributed by atoms with van der Waals surface area (Å²) >= 11 is 0. The SMILES string of the molecule is CCC(C)c1ccc(OCc2ccc(C(=O)Nc3ccc(C(C)=O)cc3)o2)cc1. The Labute approximate surface area is 170 Å². The van der Waals surface area contributed by atoms with E-state index in [0.29, 0.717) is 22.9 Å². The summed E-state index contributed by atoms with van der Waals surface area (Å²) in [6.07, 6.45) is 1.10. The highest BCUT2D eigenvalue weighted by Crippen LogP contribution is 2.22. The minimum Gasteiger partial charge on any atom is -0.486 e. The topological polar surface area (TPSA) is 68.5 Å². The van der Waals surface area contributed by atoms with Gasteiger partial charge in [0.2, 0.25) is 0 Å². The third-order valence-electron chi connectivity index (χ3n) is 4.88. The molecular weight excluding hydrogens is 366 g/mol. The van der Waals surface area contributed by atoms with E-state index in [1.807, 2.05) is 12.1 Å². The molecule has 0 spiro atoms. The molecule has 0 aliphatic rings. The fourth-order valence-electron chi connectivity index (χ4n) is 2.84. The number of nitrogens with one attached hydrogen (secondary N) is 1. The van der Waals surface area contributed by atoms with Crippen molar-refractivity contribution in [3.05, 3.63) is 83.3 Å². The summed E-state index contributed by atoms with van der Waals surface area (Å²) in [7, 11) is 0. The maximum absolute atomic E-state index is 12.3. The molecule has 1 amide bonds. The van der Waals surface area contributed by atoms with E-state index in [2.05, 4.69) is 31.3 Å². The minimum absolute atomic E-state index is 0.0203. The van der Waals surface area contributed by atoms with Crippen molar-refractivity contribution in [3.8, 4) is 5.75 Å². The molecule has 150 valence electrons. The largest absolute Gasteiger partial charge is 0.486 e. The maximum atomic E-state index is 12.3. The molecule has 3 rings (SSSR count). The lowest BCUT2D eigenvalue weighted by Gasteiger charge is -2.10. The molecule has 0 bridgehead atoms. The van der Waals surface area contributed by atoms with Gasteiger partial charge in [-0.25, -0.2) is 0 Å². The van der Waals surface area contributed by atoms with Crippen LogP contribution in [-0.4, -0.2) is 11.7 Å². The van der Waals surface area contributed by atoms with Crippen LogP contribution in [0.2, 0.25) is 0 Å². The lowest BCUT2D eigenvalue weighted by molar-refractivity contribution is 0.0990. The fraction of sp³-hybridized carbons (Fsp3) is 0.250. The molecule has 1 unspecified atom stereocenters. The molecule has 1 atom stereocenters. The summed E-state index contributed by atoms with van der Waals surface area (Å²) < 4.78 is 11.3. The molecule has 5 nitrogen and oxygen atoms in total. The van der Waals surface area contributed by atoms with Gasteiger partial charge < -0.3 is 14.5 Å². The van der Waals surface area contributed by atoms with Gasteiger partial charge in [-0.1, -0.05) is 26.0 Å². The average molecular weight is 391 g/mol. The molecule has 1 heterocycles. The van der Waals surface area contributed by atoms with Gasteiger partial charge in [0, 0.05) is 11.3 Å². The van der Waals surface area contributed by atoms with E-state index >= 15 is 0 Å². The molecule has 0 aliphatic heterocycles. The normalized spacial score (nSPS) is 11.7. The van der Waals surface area contributed by atoms with E-state index in [1.54, 1.807) is 36.4 Å². The first-order valence-corrected chi connectivity index (χ1v) is 9.70. The molecule has 1 aromatic heterocycles. The van der Waals surface area contributed by atoms with E-state index in [1.165, 1.54) is 12.5 Å². The molecule has 3 aromatic rings. The second-order valence-corrected chi connectivity index (χ2v) is 7.02. The molecule has 0 radical (unpaired) electrons. The van der Waals surface area contributed by atoms with Crippen LogP contribution < -0.4 is 10.1 Å². The molecule has 1 N–H and O–H groups in total. The van der Waals surface area contributed by atoms with Crippen LogP contribution in [-0.2, 0) is 6.61 Å². The number of ether oxygens (including phenoxy) is 1. The Morgan fingerprint density at radius 3 is 2.31 bits per heavy atom. The van der Waals surface area contributed by atoms with Gasteiger partial charge in [-0.3, -0.25) is 9.59 Å². The smallest absolute Gasteiger partial charge is 0.291 e. The lowest BCUT2D eigenvalue weighted by atomic mass is 9.99. The van der Waals surface area contributed by atoms with Crippen molar-refractivity contribution < 1.29 is 18.7 Å². The second kappa shape index (κ2) is 9.24. The number of furan rings is 1. The first kappa shape index (κ1) is 20.4. The van der Waals surface area contributed by atoms with Gasteiger partial charge in [0.1, 0.15) is 18.1 Å². The summed E-state index contributed by atoms with van der Waals surface area (Å²) in [5.41, 5.74) is 2.47. The van der Waals surface area contributed by atoms with Gasteiger partial charge >= 0.3 is 0 Å². The fourth-order valence-corrected chi connectivity index (χ4v) is 2.84. The highest BCUT2D eigenvalue weighted by molar-refractivity contribution is 6.02. The van der Waals surface area contributed by atoms with Gasteiger partial charge in [-0.05, 0) is 73.4 Å². The number of benzene rings is 2. The number of carbonyl (C=O) groups is 2. The van der Waals surface area contributed by atoms with Crippen molar-refractivity contribution >= 4 is 17.4 Å². The van der Waals surface area contributed by atoms with Gasteiger partial charge in [0.05, 0.1) is 0 Å². The molecule has 0 fully saturated rings. The predicted octanol–water partition coefficient (Wildman–Crippen LogP) is 5.83. The van der Waals surface area contributed by atoms with E-state index < -0.39 is 0 Å². The monoisotopic (exact) mass is 391 g/mol. The number of carbonyl (C=O) groups excluding carboxylic acids is 2. The molecular formula is C24H25NO4. The number of ketones is 1. The van der Waals surface area contributed by atoms with Crippen molar-refractivity contribution in [3.63, 3.8) is 0 Å². The van der Waals surface area contributed by atoms with E-state index in [-0.39, 0.29) is 24.1 Å². The quantitative estimate of drug-likeness (QED) is 0.491. The van der Waals surface area contributed by atoms with Gasteiger partial charge in [0.25, 0.3) is 5.91 Å². The summed E-state index contributed by atoms with van der Waals surface area (Å²) in [6.45, 7) is 6.10. The van der Waals surface area contributed by atoms with Crippen molar-refractivity contribution in [1.29, 1.82) is 0 Å². The highest BCUT2D eigenvalue weighted by Gasteiger charge is 2.12. The predicted molar refractivity (Wildman–Crippen MR) is 113 cm³/mol. The Kier molecular flexibility index (Phi) is 6.50. The Balaban J connectivity index is 1.55. The zero-order chi connectivity index (χ0) is 20.8. The van der Waals surface area contributed by atoms with E-state index in [4.69, 9.17) is 9.15 Å². The van der Waals surface area contributed by atoms with Crippen LogP contribution >= 0.6 is 0 Å². The number of hydrogen-bond donors (Lipinski definition) is 1. The summed E-state index contributed by atoms with van der Waals surface area (Å²) in [6, 6.07) is 18.1. The Hall–Kier alpha value is -3.34. The third kappa shape index (κ3) is 5.35. The summed E-state index contributed by atoms with van der Waals surface area (Å²) in [5, 5.41) is 2.75. The number of anilines is 1. The van der Waals surface area contributed by atoms with Crippen LogP contribution in [0.5, 0.6) is 5.75 Å². The first-order chi connectivity index (χ1) is 14.0. The molecule has 0 saturated carbocycles. The number of hydrogen-bond acceptors (Lipinski definition) is 4. The maximum Gasteiger partial charge on any atom is 0.291 e. The summed E-state index contributed by atoms with van der Waals surface area (Å²) in [5.74, 6) is 1.66. The summed E-state index contributed by atoms with van der Waals surface area (Å²) in [4.78, 5) is 23.7. The van der Waals surface area contributed by atoms with Gasteiger partial charge in [0.15, 0.2) is 11.5 Å². The van der Waals surface area contributed by atoms with E-state index in [0.717, 1.165) is 12.2 Å². The lowest BCUT2D eigenvalue weighted by Crippen LogP contribution is -2.11. The van der Waals surface area contributed by atoms with Crippen LogP contribution in [0.4, 0.5) is 5.69 Å². The van der Waals surface area contributed by atoms with E-state index in [9.17, 15) is 9.59 Å². The van der Waals surface area contributed by atoms with Crippen LogP contribution in [0.25, 0.3) is 0 Å². The van der Waals surface area contributed by atoms with Crippen molar-refractivity contribution in [2.24, 2.45) is 0 Å². The number of Topliss-reactive ketones (excluding diaryl/α,β-unsaturated/α-hetero) is 1. The van der Waals surface area contributed by atoms with Gasteiger partial charge in [-0.2, -0.15) is 0 Å². The van der Waals surface area contributed by atoms with Crippen LogP contribution in [0.15, 0.2) is 65.1 Å². The number of rotatable bonds is 8. The zero-order valence-electron chi connectivity index (χ0n) is 16.9. The minimum atomic E-state index is -0.357. The second-order valence-electron chi connectivity index (χ2n) is 7.02. The average Bonchev–Trinajstić information content (AvgIpc) is 3.22. The highest BCUT2D eigenvalue weighted by atomic mass is 16.5. The third-order valence-corrected chi connectivity index (χ3v) is 4.88.